The topological polar surface area (TPSA) is 26.0 Å². The second-order valence-corrected chi connectivity index (χ2v) is 4.31. The Bertz CT molecular complexity index is 253. The highest BCUT2D eigenvalue weighted by Crippen LogP contribution is 2.20. The number of hydrogen-bond donors (Lipinski definition) is 1. The minimum Gasteiger partial charge on any atom is -0.328 e. The van der Waals surface area contributed by atoms with E-state index in [9.17, 15) is 0 Å². The van der Waals surface area contributed by atoms with E-state index in [0.717, 1.165) is 15.9 Å². The molecule has 1 rings (SSSR count). The zero-order valence-electron chi connectivity index (χ0n) is 6.85. The van der Waals surface area contributed by atoms with Gasteiger partial charge in [-0.1, -0.05) is 27.5 Å². The summed E-state index contributed by atoms with van der Waals surface area (Å²) in [4.78, 5) is 0. The molecular formula is C9H11BrClN. The number of hydrogen-bond acceptors (Lipinski definition) is 1. The van der Waals surface area contributed by atoms with Gasteiger partial charge in [0.15, 0.2) is 0 Å². The molecule has 0 radical (unpaired) electrons. The Labute approximate surface area is 86.0 Å². The van der Waals surface area contributed by atoms with Gasteiger partial charge >= 0.3 is 0 Å². The van der Waals surface area contributed by atoms with Crippen LogP contribution in [0.25, 0.3) is 0 Å². The van der Waals surface area contributed by atoms with Crippen LogP contribution in [-0.2, 0) is 6.42 Å². The summed E-state index contributed by atoms with van der Waals surface area (Å²) in [6.07, 6.45) is 0.860. The van der Waals surface area contributed by atoms with E-state index in [2.05, 4.69) is 15.9 Å². The predicted octanol–water partition coefficient (Wildman–Crippen LogP) is 2.99. The maximum Gasteiger partial charge on any atom is 0.0419 e. The van der Waals surface area contributed by atoms with Crippen molar-refractivity contribution in [3.8, 4) is 0 Å². The Hall–Kier alpha value is -0.0500. The molecule has 1 aromatic carbocycles. The Morgan fingerprint density at radius 3 is 2.67 bits per heavy atom. The van der Waals surface area contributed by atoms with Crippen LogP contribution in [-0.4, -0.2) is 6.04 Å². The lowest BCUT2D eigenvalue weighted by atomic mass is 10.1. The van der Waals surface area contributed by atoms with Crippen molar-refractivity contribution in [3.05, 3.63) is 33.3 Å². The zero-order chi connectivity index (χ0) is 9.14. The molecule has 0 aliphatic rings. The van der Waals surface area contributed by atoms with Crippen molar-refractivity contribution in [2.75, 3.05) is 0 Å². The third kappa shape index (κ3) is 3.13. The highest BCUT2D eigenvalue weighted by molar-refractivity contribution is 9.10. The van der Waals surface area contributed by atoms with E-state index in [4.69, 9.17) is 17.3 Å². The highest BCUT2D eigenvalue weighted by Gasteiger charge is 2.00. The van der Waals surface area contributed by atoms with Crippen molar-refractivity contribution in [3.63, 3.8) is 0 Å². The fourth-order valence-electron chi connectivity index (χ4n) is 1.10. The molecule has 0 saturated heterocycles. The van der Waals surface area contributed by atoms with E-state index in [1.54, 1.807) is 0 Å². The molecule has 12 heavy (non-hydrogen) atoms. The van der Waals surface area contributed by atoms with Crippen molar-refractivity contribution in [2.45, 2.75) is 19.4 Å². The van der Waals surface area contributed by atoms with Gasteiger partial charge in [-0.15, -0.1) is 0 Å². The van der Waals surface area contributed by atoms with Gasteiger partial charge in [0, 0.05) is 15.5 Å². The predicted molar refractivity (Wildman–Crippen MR) is 56.5 cm³/mol. The smallest absolute Gasteiger partial charge is 0.0419 e. The summed E-state index contributed by atoms with van der Waals surface area (Å²) in [5, 5.41) is 0.750. The lowest BCUT2D eigenvalue weighted by molar-refractivity contribution is 0.738. The molecule has 0 fully saturated rings. The van der Waals surface area contributed by atoms with Crippen LogP contribution in [0.2, 0.25) is 5.02 Å². The number of benzene rings is 1. The fraction of sp³-hybridized carbons (Fsp3) is 0.333. The van der Waals surface area contributed by atoms with Gasteiger partial charge in [-0.05, 0) is 37.1 Å². The van der Waals surface area contributed by atoms with Gasteiger partial charge in [0.2, 0.25) is 0 Å². The summed E-state index contributed by atoms with van der Waals surface area (Å²) in [6.45, 7) is 1.98. The Morgan fingerprint density at radius 2 is 2.17 bits per heavy atom. The van der Waals surface area contributed by atoms with E-state index < -0.39 is 0 Å². The Balaban J connectivity index is 2.85. The average Bonchev–Trinajstić information content (AvgIpc) is 1.81. The monoisotopic (exact) mass is 247 g/mol. The standard InChI is InChI=1S/C9H11BrClN/c1-6(12)2-7-3-8(10)5-9(11)4-7/h3-6H,2,12H2,1H3/t6-/m1/s1. The van der Waals surface area contributed by atoms with Crippen LogP contribution in [0.15, 0.2) is 22.7 Å². The maximum atomic E-state index is 5.86. The van der Waals surface area contributed by atoms with Gasteiger partial charge in [-0.3, -0.25) is 0 Å². The molecule has 0 aromatic heterocycles. The third-order valence-corrected chi connectivity index (χ3v) is 2.16. The number of halogens is 2. The summed E-state index contributed by atoms with van der Waals surface area (Å²) < 4.78 is 1.01. The van der Waals surface area contributed by atoms with E-state index in [1.165, 1.54) is 5.56 Å². The number of rotatable bonds is 2. The van der Waals surface area contributed by atoms with Crippen LogP contribution < -0.4 is 5.73 Å². The lowest BCUT2D eigenvalue weighted by Crippen LogP contribution is -2.17. The molecular weight excluding hydrogens is 237 g/mol. The summed E-state index contributed by atoms with van der Waals surface area (Å²) in [7, 11) is 0. The molecule has 1 atom stereocenters. The van der Waals surface area contributed by atoms with Gasteiger partial charge in [0.25, 0.3) is 0 Å². The lowest BCUT2D eigenvalue weighted by Gasteiger charge is -2.05. The maximum absolute atomic E-state index is 5.86. The molecule has 0 amide bonds. The van der Waals surface area contributed by atoms with Crippen LogP contribution in [0.1, 0.15) is 12.5 Å². The average molecular weight is 249 g/mol. The second kappa shape index (κ2) is 4.26. The largest absolute Gasteiger partial charge is 0.328 e. The zero-order valence-corrected chi connectivity index (χ0v) is 9.19. The minimum atomic E-state index is 0.176. The first kappa shape index (κ1) is 10.0. The third-order valence-electron chi connectivity index (χ3n) is 1.48. The molecule has 66 valence electrons. The molecule has 1 nitrogen and oxygen atoms in total. The Kier molecular flexibility index (Phi) is 3.56. The summed E-state index contributed by atoms with van der Waals surface area (Å²) in [5.41, 5.74) is 6.84. The normalized spacial score (nSPS) is 13.0. The summed E-state index contributed by atoms with van der Waals surface area (Å²) in [5.74, 6) is 0. The number of nitrogens with two attached hydrogens (primary N) is 1. The summed E-state index contributed by atoms with van der Waals surface area (Å²) in [6, 6.07) is 6.02. The molecule has 3 heteroatoms. The van der Waals surface area contributed by atoms with E-state index in [1.807, 2.05) is 25.1 Å². The van der Waals surface area contributed by atoms with Gasteiger partial charge in [0.05, 0.1) is 0 Å². The quantitative estimate of drug-likeness (QED) is 0.855. The SMILES string of the molecule is C[C@@H](N)Cc1cc(Cl)cc(Br)c1. The first-order valence-electron chi connectivity index (χ1n) is 3.78. The van der Waals surface area contributed by atoms with Crippen molar-refractivity contribution < 1.29 is 0 Å². The molecule has 1 aromatic rings. The first-order chi connectivity index (χ1) is 5.58. The van der Waals surface area contributed by atoms with Crippen molar-refractivity contribution in [1.82, 2.24) is 0 Å². The molecule has 0 saturated carbocycles. The van der Waals surface area contributed by atoms with Crippen LogP contribution in [0, 0.1) is 0 Å². The first-order valence-corrected chi connectivity index (χ1v) is 4.95. The molecule has 0 unspecified atom stereocenters. The van der Waals surface area contributed by atoms with Crippen molar-refractivity contribution in [2.24, 2.45) is 5.73 Å². The van der Waals surface area contributed by atoms with E-state index in [-0.39, 0.29) is 6.04 Å². The van der Waals surface area contributed by atoms with Gasteiger partial charge in [-0.25, -0.2) is 0 Å². The van der Waals surface area contributed by atoms with Crippen molar-refractivity contribution >= 4 is 27.5 Å². The van der Waals surface area contributed by atoms with Gasteiger partial charge < -0.3 is 5.73 Å². The van der Waals surface area contributed by atoms with Crippen LogP contribution in [0.5, 0.6) is 0 Å². The summed E-state index contributed by atoms with van der Waals surface area (Å²) >= 11 is 9.24. The molecule has 0 aliphatic carbocycles. The minimum absolute atomic E-state index is 0.176. The molecule has 2 N–H and O–H groups in total. The van der Waals surface area contributed by atoms with Crippen LogP contribution >= 0.6 is 27.5 Å². The van der Waals surface area contributed by atoms with Crippen LogP contribution in [0.3, 0.4) is 0 Å². The molecule has 0 heterocycles. The van der Waals surface area contributed by atoms with Gasteiger partial charge in [-0.2, -0.15) is 0 Å². The molecule has 0 bridgehead atoms. The van der Waals surface area contributed by atoms with E-state index >= 15 is 0 Å². The second-order valence-electron chi connectivity index (χ2n) is 2.96. The van der Waals surface area contributed by atoms with Gasteiger partial charge in [0.1, 0.15) is 0 Å². The van der Waals surface area contributed by atoms with E-state index in [0.29, 0.717) is 0 Å². The Morgan fingerprint density at radius 1 is 1.50 bits per heavy atom. The highest BCUT2D eigenvalue weighted by atomic mass is 79.9. The van der Waals surface area contributed by atoms with Crippen molar-refractivity contribution in [1.29, 1.82) is 0 Å². The van der Waals surface area contributed by atoms with Crippen LogP contribution in [0.4, 0.5) is 0 Å². The molecule has 0 spiro atoms. The fourth-order valence-corrected chi connectivity index (χ4v) is 2.03. The molecule has 0 aliphatic heterocycles.